The van der Waals surface area contributed by atoms with Crippen LogP contribution in [0.1, 0.15) is 37.3 Å². The summed E-state index contributed by atoms with van der Waals surface area (Å²) in [7, 11) is 0. The minimum absolute atomic E-state index is 0.162. The van der Waals surface area contributed by atoms with Gasteiger partial charge in [0, 0.05) is 23.7 Å². The number of hydrogen-bond acceptors (Lipinski definition) is 2. The van der Waals surface area contributed by atoms with E-state index in [1.54, 1.807) is 0 Å². The van der Waals surface area contributed by atoms with E-state index in [0.717, 1.165) is 18.5 Å². The number of hydrogen-bond donors (Lipinski definition) is 1. The van der Waals surface area contributed by atoms with E-state index in [1.807, 2.05) is 12.1 Å². The molecule has 0 heterocycles. The third-order valence-electron chi connectivity index (χ3n) is 3.34. The van der Waals surface area contributed by atoms with Gasteiger partial charge in [-0.15, -0.1) is 0 Å². The Morgan fingerprint density at radius 1 is 1.42 bits per heavy atom. The Morgan fingerprint density at radius 3 is 2.79 bits per heavy atom. The van der Waals surface area contributed by atoms with Gasteiger partial charge in [-0.25, -0.2) is 4.39 Å². The first kappa shape index (κ1) is 14.0. The minimum Gasteiger partial charge on any atom is -0.320 e. The fourth-order valence-corrected chi connectivity index (χ4v) is 2.24. The van der Waals surface area contributed by atoms with E-state index in [4.69, 9.17) is 5.73 Å². The maximum absolute atomic E-state index is 14.0. The summed E-state index contributed by atoms with van der Waals surface area (Å²) in [6.07, 6.45) is 3.61. The molecule has 0 unspecified atom stereocenters. The Labute approximate surface area is 114 Å². The molecular weight excluding hydrogens is 239 g/mol. The summed E-state index contributed by atoms with van der Waals surface area (Å²) >= 11 is 0. The highest BCUT2D eigenvalue weighted by Gasteiger charge is 2.28. The Hall–Kier alpha value is -1.37. The Kier molecular flexibility index (Phi) is 4.95. The van der Waals surface area contributed by atoms with Gasteiger partial charge < -0.3 is 5.73 Å². The summed E-state index contributed by atoms with van der Waals surface area (Å²) < 4.78 is 14.0. The van der Waals surface area contributed by atoms with E-state index in [9.17, 15) is 4.39 Å². The zero-order valence-corrected chi connectivity index (χ0v) is 11.5. The van der Waals surface area contributed by atoms with E-state index >= 15 is 0 Å². The van der Waals surface area contributed by atoms with Crippen molar-refractivity contribution in [1.29, 1.82) is 0 Å². The number of nitrogens with two attached hydrogens (primary N) is 1. The highest BCUT2D eigenvalue weighted by atomic mass is 19.1. The van der Waals surface area contributed by atoms with E-state index in [-0.39, 0.29) is 5.82 Å². The normalized spacial score (nSPS) is 14.3. The quantitative estimate of drug-likeness (QED) is 0.824. The van der Waals surface area contributed by atoms with Crippen LogP contribution in [0.15, 0.2) is 18.2 Å². The van der Waals surface area contributed by atoms with E-state index in [0.29, 0.717) is 24.7 Å². The van der Waals surface area contributed by atoms with Crippen molar-refractivity contribution >= 4 is 0 Å². The molecule has 0 radical (unpaired) electrons. The third kappa shape index (κ3) is 4.05. The molecule has 0 saturated heterocycles. The summed E-state index contributed by atoms with van der Waals surface area (Å²) in [6, 6.07) is 5.89. The summed E-state index contributed by atoms with van der Waals surface area (Å²) in [5.74, 6) is 5.44. The van der Waals surface area contributed by atoms with Crippen LogP contribution in [0.3, 0.4) is 0 Å². The lowest BCUT2D eigenvalue weighted by molar-refractivity contribution is 0.252. The lowest BCUT2D eigenvalue weighted by atomic mass is 10.1. The van der Waals surface area contributed by atoms with Crippen LogP contribution in [-0.2, 0) is 6.54 Å². The Bertz CT molecular complexity index is 483. The first-order valence-corrected chi connectivity index (χ1v) is 6.96. The molecule has 0 aliphatic heterocycles. The van der Waals surface area contributed by atoms with E-state index < -0.39 is 0 Å². The monoisotopic (exact) mass is 260 g/mol. The minimum atomic E-state index is -0.162. The van der Waals surface area contributed by atoms with Crippen molar-refractivity contribution in [2.24, 2.45) is 5.73 Å². The molecule has 1 aromatic carbocycles. The molecule has 102 valence electrons. The third-order valence-corrected chi connectivity index (χ3v) is 3.34. The zero-order valence-electron chi connectivity index (χ0n) is 11.5. The second-order valence-corrected chi connectivity index (χ2v) is 5.01. The summed E-state index contributed by atoms with van der Waals surface area (Å²) in [4.78, 5) is 2.38. The van der Waals surface area contributed by atoms with Crippen molar-refractivity contribution in [3.8, 4) is 11.8 Å². The number of benzene rings is 1. The number of nitrogens with zero attached hydrogens (tertiary/aromatic N) is 1. The van der Waals surface area contributed by atoms with Crippen molar-refractivity contribution in [3.05, 3.63) is 35.1 Å². The van der Waals surface area contributed by atoms with Crippen LogP contribution in [0.25, 0.3) is 0 Å². The van der Waals surface area contributed by atoms with Gasteiger partial charge in [0.1, 0.15) is 5.82 Å². The first-order valence-electron chi connectivity index (χ1n) is 6.96. The second-order valence-electron chi connectivity index (χ2n) is 5.01. The van der Waals surface area contributed by atoms with Crippen LogP contribution in [0.4, 0.5) is 4.39 Å². The maximum atomic E-state index is 14.0. The first-order chi connectivity index (χ1) is 9.24. The summed E-state index contributed by atoms with van der Waals surface area (Å²) in [6.45, 7) is 4.21. The van der Waals surface area contributed by atoms with E-state index in [1.165, 1.54) is 18.9 Å². The average molecular weight is 260 g/mol. The highest BCUT2D eigenvalue weighted by molar-refractivity contribution is 5.37. The molecule has 1 aliphatic carbocycles. The molecule has 0 atom stereocenters. The molecule has 2 rings (SSSR count). The SMILES string of the molecule is CCCN(Cc1ccc(C#CCN)cc1F)C1CC1. The lowest BCUT2D eigenvalue weighted by Gasteiger charge is -2.21. The average Bonchev–Trinajstić information content (AvgIpc) is 3.22. The topological polar surface area (TPSA) is 29.3 Å². The van der Waals surface area contributed by atoms with Gasteiger partial charge in [0.25, 0.3) is 0 Å². The zero-order chi connectivity index (χ0) is 13.7. The summed E-state index contributed by atoms with van der Waals surface area (Å²) in [5, 5.41) is 0. The smallest absolute Gasteiger partial charge is 0.128 e. The molecular formula is C16H21FN2. The molecule has 2 nitrogen and oxygen atoms in total. The predicted octanol–water partition coefficient (Wildman–Crippen LogP) is 2.51. The van der Waals surface area contributed by atoms with Crippen LogP contribution in [0.2, 0.25) is 0 Å². The van der Waals surface area contributed by atoms with Crippen molar-refractivity contribution in [3.63, 3.8) is 0 Å². The molecule has 0 amide bonds. The van der Waals surface area contributed by atoms with Crippen molar-refractivity contribution in [2.45, 2.75) is 38.8 Å². The van der Waals surface area contributed by atoms with Crippen LogP contribution in [-0.4, -0.2) is 24.0 Å². The van der Waals surface area contributed by atoms with Gasteiger partial charge in [0.15, 0.2) is 0 Å². The van der Waals surface area contributed by atoms with Crippen molar-refractivity contribution in [2.75, 3.05) is 13.1 Å². The van der Waals surface area contributed by atoms with Gasteiger partial charge in [-0.05, 0) is 37.9 Å². The van der Waals surface area contributed by atoms with Crippen molar-refractivity contribution < 1.29 is 4.39 Å². The van der Waals surface area contributed by atoms with Crippen LogP contribution in [0, 0.1) is 17.7 Å². The van der Waals surface area contributed by atoms with Gasteiger partial charge in [-0.2, -0.15) is 0 Å². The highest BCUT2D eigenvalue weighted by Crippen LogP contribution is 2.28. The van der Waals surface area contributed by atoms with Crippen LogP contribution < -0.4 is 5.73 Å². The molecule has 0 spiro atoms. The van der Waals surface area contributed by atoms with Gasteiger partial charge >= 0.3 is 0 Å². The summed E-state index contributed by atoms with van der Waals surface area (Å²) in [5.41, 5.74) is 6.77. The van der Waals surface area contributed by atoms with Crippen LogP contribution in [0.5, 0.6) is 0 Å². The maximum Gasteiger partial charge on any atom is 0.128 e. The van der Waals surface area contributed by atoms with Gasteiger partial charge in [0.05, 0.1) is 6.54 Å². The van der Waals surface area contributed by atoms with Gasteiger partial charge in [-0.1, -0.05) is 24.8 Å². The largest absolute Gasteiger partial charge is 0.320 e. The molecule has 0 aromatic heterocycles. The molecule has 19 heavy (non-hydrogen) atoms. The number of halogens is 1. The lowest BCUT2D eigenvalue weighted by Crippen LogP contribution is -2.26. The number of rotatable bonds is 5. The molecule has 1 aromatic rings. The molecule has 1 fully saturated rings. The Balaban J connectivity index is 2.07. The van der Waals surface area contributed by atoms with Gasteiger partial charge in [0.2, 0.25) is 0 Å². The van der Waals surface area contributed by atoms with Crippen LogP contribution >= 0.6 is 0 Å². The standard InChI is InChI=1S/C16H21FN2/c1-2-10-19(15-7-8-15)12-14-6-5-13(4-3-9-18)11-16(14)17/h5-6,11,15H,2,7-10,12,18H2,1H3. The molecule has 1 aliphatic rings. The second kappa shape index (κ2) is 6.70. The molecule has 3 heteroatoms. The van der Waals surface area contributed by atoms with Gasteiger partial charge in [-0.3, -0.25) is 4.90 Å². The Morgan fingerprint density at radius 2 is 2.21 bits per heavy atom. The van der Waals surface area contributed by atoms with Crippen molar-refractivity contribution in [1.82, 2.24) is 4.90 Å². The van der Waals surface area contributed by atoms with E-state index in [2.05, 4.69) is 23.7 Å². The fraction of sp³-hybridized carbons (Fsp3) is 0.500. The fourth-order valence-electron chi connectivity index (χ4n) is 2.24. The molecule has 2 N–H and O–H groups in total. The predicted molar refractivity (Wildman–Crippen MR) is 76.1 cm³/mol. The molecule has 0 bridgehead atoms. The molecule has 1 saturated carbocycles.